The number of rotatable bonds is 3. The second kappa shape index (κ2) is 8.87. The molecule has 0 amide bonds. The first-order chi connectivity index (χ1) is 17.6. The van der Waals surface area contributed by atoms with E-state index in [1.165, 1.54) is 12.5 Å². The quantitative estimate of drug-likeness (QED) is 0.124. The van der Waals surface area contributed by atoms with E-state index in [0.717, 1.165) is 49.6 Å². The molecule has 0 unspecified atom stereocenters. The van der Waals surface area contributed by atoms with Gasteiger partial charge in [0.15, 0.2) is 5.11 Å². The predicted octanol–water partition coefficient (Wildman–Crippen LogP) is 6.68. The van der Waals surface area contributed by atoms with Crippen molar-refractivity contribution in [2.45, 2.75) is 0 Å². The highest BCUT2D eigenvalue weighted by atomic mass is 32.1. The average Bonchev–Trinajstić information content (AvgIpc) is 2.92. The fraction of sp³-hybridized carbons (Fsp3) is 0.0345. The van der Waals surface area contributed by atoms with E-state index >= 15 is 0 Å². The van der Waals surface area contributed by atoms with Crippen molar-refractivity contribution < 1.29 is 9.53 Å². The molecule has 6 rings (SSSR count). The van der Waals surface area contributed by atoms with E-state index in [1.807, 2.05) is 36.4 Å². The lowest BCUT2D eigenvalue weighted by Crippen LogP contribution is -2.19. The highest BCUT2D eigenvalue weighted by molar-refractivity contribution is 7.80. The molecular formula is C29H20N4O2S. The molecule has 0 atom stereocenters. The van der Waals surface area contributed by atoms with Crippen molar-refractivity contribution in [3.05, 3.63) is 96.6 Å². The number of anilines is 2. The summed E-state index contributed by atoms with van der Waals surface area (Å²) in [4.78, 5) is 21.7. The molecule has 5 aromatic carbocycles. The van der Waals surface area contributed by atoms with Crippen molar-refractivity contribution >= 4 is 78.3 Å². The Morgan fingerprint density at radius 1 is 0.694 bits per heavy atom. The summed E-state index contributed by atoms with van der Waals surface area (Å²) in [5, 5.41) is 11.3. The van der Waals surface area contributed by atoms with Crippen LogP contribution in [0.15, 0.2) is 91.0 Å². The van der Waals surface area contributed by atoms with Gasteiger partial charge in [0, 0.05) is 22.1 Å². The van der Waals surface area contributed by atoms with Crippen LogP contribution >= 0.6 is 12.2 Å². The summed E-state index contributed by atoms with van der Waals surface area (Å²) in [6.45, 7) is 0. The fourth-order valence-electron chi connectivity index (χ4n) is 4.46. The number of benzene rings is 5. The van der Waals surface area contributed by atoms with Crippen molar-refractivity contribution in [2.75, 3.05) is 17.7 Å². The predicted molar refractivity (Wildman–Crippen MR) is 150 cm³/mol. The molecule has 7 heteroatoms. The minimum atomic E-state index is -0.382. The zero-order valence-electron chi connectivity index (χ0n) is 19.3. The van der Waals surface area contributed by atoms with Gasteiger partial charge in [-0.2, -0.15) is 0 Å². The minimum Gasteiger partial charge on any atom is -0.465 e. The Hall–Kier alpha value is -4.62. The lowest BCUT2D eigenvalue weighted by Gasteiger charge is -2.12. The summed E-state index contributed by atoms with van der Waals surface area (Å²) < 4.78 is 4.73. The molecule has 0 radical (unpaired) electrons. The number of thiocarbonyl (C=S) groups is 1. The normalized spacial score (nSPS) is 11.1. The van der Waals surface area contributed by atoms with E-state index in [1.54, 1.807) is 24.3 Å². The maximum atomic E-state index is 11.6. The van der Waals surface area contributed by atoms with Gasteiger partial charge in [-0.3, -0.25) is 0 Å². The maximum absolute atomic E-state index is 11.6. The number of aromatic nitrogens is 2. The van der Waals surface area contributed by atoms with Crippen LogP contribution in [-0.2, 0) is 4.74 Å². The van der Waals surface area contributed by atoms with Crippen LogP contribution in [0, 0.1) is 0 Å². The summed E-state index contributed by atoms with van der Waals surface area (Å²) >= 11 is 5.49. The zero-order valence-corrected chi connectivity index (χ0v) is 20.1. The van der Waals surface area contributed by atoms with E-state index in [4.69, 9.17) is 26.9 Å². The molecule has 0 aliphatic carbocycles. The van der Waals surface area contributed by atoms with Crippen LogP contribution in [0.5, 0.6) is 0 Å². The molecule has 0 aliphatic heterocycles. The van der Waals surface area contributed by atoms with Crippen molar-refractivity contribution in [1.82, 2.24) is 9.97 Å². The van der Waals surface area contributed by atoms with Crippen LogP contribution in [0.25, 0.3) is 43.6 Å². The van der Waals surface area contributed by atoms with Gasteiger partial charge in [-0.05, 0) is 65.5 Å². The molecular weight excluding hydrogens is 468 g/mol. The van der Waals surface area contributed by atoms with E-state index in [0.29, 0.717) is 10.7 Å². The van der Waals surface area contributed by atoms with Gasteiger partial charge in [0.1, 0.15) is 0 Å². The molecule has 6 nitrogen and oxygen atoms in total. The van der Waals surface area contributed by atoms with Crippen LogP contribution in [0.2, 0.25) is 0 Å². The number of carbonyl (C=O) groups excluding carboxylic acids is 1. The summed E-state index contributed by atoms with van der Waals surface area (Å²) in [5.74, 6) is -0.382. The summed E-state index contributed by atoms with van der Waals surface area (Å²) in [6.07, 6.45) is 0. The zero-order chi connectivity index (χ0) is 24.6. The lowest BCUT2D eigenvalue weighted by molar-refractivity contribution is 0.0601. The standard InChI is InChI=1S/C29H20N4O2S/c1-35-28(34)17-10-12-18(13-11-17)30-29(36)31-19-14-15-24-25(16-19)33-27-23-9-5-3-7-21(23)20-6-2-4-8-22(20)26(27)32-24/h2-16H,1H3,(H2,30,31,36). The van der Waals surface area contributed by atoms with Gasteiger partial charge in [-0.1, -0.05) is 48.5 Å². The van der Waals surface area contributed by atoms with Gasteiger partial charge in [-0.15, -0.1) is 0 Å². The number of methoxy groups -OCH3 is 1. The van der Waals surface area contributed by atoms with Gasteiger partial charge < -0.3 is 15.4 Å². The fourth-order valence-corrected chi connectivity index (χ4v) is 4.69. The summed E-state index contributed by atoms with van der Waals surface area (Å²) in [5.41, 5.74) is 5.38. The first kappa shape index (κ1) is 21.9. The van der Waals surface area contributed by atoms with Crippen LogP contribution < -0.4 is 10.6 Å². The first-order valence-corrected chi connectivity index (χ1v) is 11.8. The third-order valence-corrected chi connectivity index (χ3v) is 6.34. The van der Waals surface area contributed by atoms with E-state index in [9.17, 15) is 4.79 Å². The molecule has 174 valence electrons. The lowest BCUT2D eigenvalue weighted by atomic mass is 9.99. The van der Waals surface area contributed by atoms with Gasteiger partial charge in [-0.25, -0.2) is 14.8 Å². The van der Waals surface area contributed by atoms with Crippen molar-refractivity contribution in [2.24, 2.45) is 0 Å². The van der Waals surface area contributed by atoms with Crippen LogP contribution in [0.4, 0.5) is 11.4 Å². The van der Waals surface area contributed by atoms with Gasteiger partial charge in [0.05, 0.1) is 34.7 Å². The van der Waals surface area contributed by atoms with Gasteiger partial charge in [0.25, 0.3) is 0 Å². The Morgan fingerprint density at radius 2 is 1.22 bits per heavy atom. The third-order valence-electron chi connectivity index (χ3n) is 6.14. The molecule has 0 saturated carbocycles. The Bertz CT molecular complexity index is 1820. The molecule has 0 aliphatic rings. The number of ether oxygens (including phenoxy) is 1. The van der Waals surface area contributed by atoms with Gasteiger partial charge in [0.2, 0.25) is 0 Å². The monoisotopic (exact) mass is 488 g/mol. The van der Waals surface area contributed by atoms with E-state index < -0.39 is 0 Å². The van der Waals surface area contributed by atoms with Crippen molar-refractivity contribution in [1.29, 1.82) is 0 Å². The van der Waals surface area contributed by atoms with Crippen LogP contribution in [0.3, 0.4) is 0 Å². The number of esters is 1. The molecule has 0 fully saturated rings. The molecule has 0 saturated heterocycles. The molecule has 1 heterocycles. The Labute approximate surface area is 211 Å². The van der Waals surface area contributed by atoms with Crippen LogP contribution in [0.1, 0.15) is 10.4 Å². The highest BCUT2D eigenvalue weighted by Crippen LogP contribution is 2.34. The SMILES string of the molecule is COC(=O)c1ccc(NC(=S)Nc2ccc3nc4c5ccccc5c5ccccc5c4nc3c2)cc1. The molecule has 0 bridgehead atoms. The topological polar surface area (TPSA) is 76.1 Å². The first-order valence-electron chi connectivity index (χ1n) is 11.4. The highest BCUT2D eigenvalue weighted by Gasteiger charge is 2.12. The average molecular weight is 489 g/mol. The smallest absolute Gasteiger partial charge is 0.337 e. The number of hydrogen-bond acceptors (Lipinski definition) is 5. The molecule has 0 spiro atoms. The summed E-state index contributed by atoms with van der Waals surface area (Å²) in [6, 6.07) is 29.3. The number of nitrogens with one attached hydrogen (secondary N) is 2. The third kappa shape index (κ3) is 3.85. The molecule has 1 aromatic heterocycles. The minimum absolute atomic E-state index is 0.382. The Kier molecular flexibility index (Phi) is 5.39. The Morgan fingerprint density at radius 3 is 1.83 bits per heavy atom. The van der Waals surface area contributed by atoms with Crippen molar-refractivity contribution in [3.8, 4) is 0 Å². The molecule has 36 heavy (non-hydrogen) atoms. The van der Waals surface area contributed by atoms with Gasteiger partial charge >= 0.3 is 5.97 Å². The van der Waals surface area contributed by atoms with Crippen molar-refractivity contribution in [3.63, 3.8) is 0 Å². The van der Waals surface area contributed by atoms with E-state index in [2.05, 4.69) is 41.0 Å². The van der Waals surface area contributed by atoms with Crippen LogP contribution in [-0.4, -0.2) is 28.2 Å². The Balaban J connectivity index is 1.35. The number of nitrogens with zero attached hydrogens (tertiary/aromatic N) is 2. The number of carbonyl (C=O) groups is 1. The molecule has 6 aromatic rings. The number of fused-ring (bicyclic) bond motifs is 7. The second-order valence-electron chi connectivity index (χ2n) is 8.36. The maximum Gasteiger partial charge on any atom is 0.337 e. The van der Waals surface area contributed by atoms with E-state index in [-0.39, 0.29) is 5.97 Å². The second-order valence-corrected chi connectivity index (χ2v) is 8.77. The largest absolute Gasteiger partial charge is 0.465 e. The number of hydrogen-bond donors (Lipinski definition) is 2. The molecule has 2 N–H and O–H groups in total. The summed E-state index contributed by atoms with van der Waals surface area (Å²) in [7, 11) is 1.36.